The largest absolute Gasteiger partial charge is 0.358 e. The molecule has 1 aromatic heterocycles. The van der Waals surface area contributed by atoms with E-state index in [1.165, 1.54) is 23.7 Å². The number of carbonyl (C=O) groups is 1. The quantitative estimate of drug-likeness (QED) is 0.690. The maximum absolute atomic E-state index is 13.9. The average molecular weight is 472 g/mol. The van der Waals surface area contributed by atoms with Crippen LogP contribution in [0.25, 0.3) is 0 Å². The topological polar surface area (TPSA) is 79.6 Å². The van der Waals surface area contributed by atoms with Gasteiger partial charge in [-0.1, -0.05) is 18.2 Å². The van der Waals surface area contributed by atoms with Gasteiger partial charge in [0, 0.05) is 57.8 Å². The van der Waals surface area contributed by atoms with Crippen LogP contribution in [0, 0.1) is 17.7 Å². The van der Waals surface area contributed by atoms with E-state index in [0.29, 0.717) is 50.8 Å². The monoisotopic (exact) mass is 471 g/mol. The molecule has 1 N–H and O–H groups in total. The van der Waals surface area contributed by atoms with E-state index in [1.54, 1.807) is 13.1 Å². The van der Waals surface area contributed by atoms with Crippen molar-refractivity contribution in [2.45, 2.75) is 32.2 Å². The third-order valence-corrected chi connectivity index (χ3v) is 7.31. The summed E-state index contributed by atoms with van der Waals surface area (Å²) in [5, 5.41) is 3.14. The molecule has 0 radical (unpaired) electrons. The predicted octanol–water partition coefficient (Wildman–Crippen LogP) is 1.47. The summed E-state index contributed by atoms with van der Waals surface area (Å²) in [4.78, 5) is 41.3. The number of hydrogen-bond donors (Lipinski definition) is 1. The Hall–Kier alpha value is -2.94. The molecule has 1 amide bonds. The van der Waals surface area contributed by atoms with Gasteiger partial charge in [0.05, 0.1) is 0 Å². The fraction of sp³-hybridized carbons (Fsp3) is 0.560. The number of piperidine rings is 2. The summed E-state index contributed by atoms with van der Waals surface area (Å²) >= 11 is 0. The van der Waals surface area contributed by atoms with Gasteiger partial charge in [-0.2, -0.15) is 0 Å². The predicted molar refractivity (Wildman–Crippen MR) is 129 cm³/mol. The van der Waals surface area contributed by atoms with Crippen molar-refractivity contribution in [1.82, 2.24) is 19.4 Å². The zero-order valence-electron chi connectivity index (χ0n) is 20.0. The van der Waals surface area contributed by atoms with Crippen molar-refractivity contribution >= 4 is 11.7 Å². The summed E-state index contributed by atoms with van der Waals surface area (Å²) in [6.07, 6.45) is 3.36. The number of nitrogens with zero attached hydrogens (tertiary/aromatic N) is 4. The molecular weight excluding hydrogens is 437 g/mol. The number of halogens is 1. The van der Waals surface area contributed by atoms with Gasteiger partial charge in [-0.25, -0.2) is 9.18 Å². The third kappa shape index (κ3) is 5.41. The number of anilines is 1. The van der Waals surface area contributed by atoms with Crippen LogP contribution in [0.1, 0.15) is 31.2 Å². The first-order chi connectivity index (χ1) is 16.3. The first-order valence-electron chi connectivity index (χ1n) is 12.1. The normalized spacial score (nSPS) is 18.3. The number of aromatic nitrogens is 2. The van der Waals surface area contributed by atoms with Crippen molar-refractivity contribution in [2.24, 2.45) is 25.9 Å². The number of carbonyl (C=O) groups excluding carboxylic acids is 1. The second kappa shape index (κ2) is 10.5. The summed E-state index contributed by atoms with van der Waals surface area (Å²) in [7, 11) is 3.13. The molecule has 0 atom stereocenters. The van der Waals surface area contributed by atoms with Crippen LogP contribution in [0.5, 0.6) is 0 Å². The second-order valence-electron chi connectivity index (χ2n) is 9.56. The molecule has 2 fully saturated rings. The fourth-order valence-electron chi connectivity index (χ4n) is 5.00. The minimum Gasteiger partial charge on any atom is -0.358 e. The van der Waals surface area contributed by atoms with Gasteiger partial charge in [0.1, 0.15) is 11.6 Å². The number of hydrogen-bond acceptors (Lipinski definition) is 5. The Balaban J connectivity index is 1.21. The number of benzene rings is 1. The Morgan fingerprint density at radius 3 is 2.35 bits per heavy atom. The lowest BCUT2D eigenvalue weighted by Crippen LogP contribution is -2.45. The molecular formula is C25H34FN5O3. The molecule has 2 saturated heterocycles. The van der Waals surface area contributed by atoms with Crippen molar-refractivity contribution in [3.8, 4) is 0 Å². The highest BCUT2D eigenvalue weighted by molar-refractivity contribution is 5.79. The van der Waals surface area contributed by atoms with E-state index >= 15 is 0 Å². The van der Waals surface area contributed by atoms with Gasteiger partial charge in [-0.15, -0.1) is 0 Å². The number of nitrogens with one attached hydrogen (secondary N) is 1. The van der Waals surface area contributed by atoms with Crippen LogP contribution in [-0.2, 0) is 25.4 Å². The molecule has 3 heterocycles. The van der Waals surface area contributed by atoms with Crippen molar-refractivity contribution in [2.75, 3.05) is 37.6 Å². The standard InChI is InChI=1S/C25H34FN5O3/c1-28-22(15-23(32)29(2)25(28)34)31-13-9-19(10-14-31)24(33)27-16-18-7-11-30(12-8-18)17-20-5-3-4-6-21(20)26/h3-6,15,18-19H,7-14,16-17H2,1-2H3,(H,27,33). The molecule has 184 valence electrons. The van der Waals surface area contributed by atoms with Crippen molar-refractivity contribution in [1.29, 1.82) is 0 Å². The summed E-state index contributed by atoms with van der Waals surface area (Å²) < 4.78 is 16.5. The van der Waals surface area contributed by atoms with Crippen molar-refractivity contribution < 1.29 is 9.18 Å². The SMILES string of the molecule is Cn1c(N2CCC(C(=O)NCC3CCN(Cc4ccccc4F)CC3)CC2)cc(=O)n(C)c1=O. The molecule has 0 bridgehead atoms. The van der Waals surface area contributed by atoms with Crippen LogP contribution in [0.4, 0.5) is 10.2 Å². The van der Waals surface area contributed by atoms with Crippen LogP contribution in [0.2, 0.25) is 0 Å². The van der Waals surface area contributed by atoms with Gasteiger partial charge >= 0.3 is 5.69 Å². The Bertz CT molecular complexity index is 1130. The van der Waals surface area contributed by atoms with Crippen LogP contribution >= 0.6 is 0 Å². The van der Waals surface area contributed by atoms with E-state index in [9.17, 15) is 18.8 Å². The Morgan fingerprint density at radius 2 is 1.68 bits per heavy atom. The van der Waals surface area contributed by atoms with Gasteiger partial charge in [0.2, 0.25) is 5.91 Å². The molecule has 2 aromatic rings. The number of likely N-dealkylation sites (tertiary alicyclic amines) is 1. The van der Waals surface area contributed by atoms with E-state index < -0.39 is 0 Å². The molecule has 1 aromatic carbocycles. The minimum atomic E-state index is -0.345. The molecule has 4 rings (SSSR count). The van der Waals surface area contributed by atoms with Crippen molar-refractivity contribution in [3.05, 3.63) is 62.6 Å². The number of rotatable bonds is 6. The van der Waals surface area contributed by atoms with E-state index in [4.69, 9.17) is 0 Å². The van der Waals surface area contributed by atoms with Gasteiger partial charge in [-0.05, 0) is 50.8 Å². The summed E-state index contributed by atoms with van der Waals surface area (Å²) in [6.45, 7) is 4.38. The zero-order chi connectivity index (χ0) is 24.2. The highest BCUT2D eigenvalue weighted by Crippen LogP contribution is 2.23. The maximum atomic E-state index is 13.9. The molecule has 9 heteroatoms. The fourth-order valence-corrected chi connectivity index (χ4v) is 5.00. The average Bonchev–Trinajstić information content (AvgIpc) is 2.86. The first kappa shape index (κ1) is 24.2. The second-order valence-corrected chi connectivity index (χ2v) is 9.56. The third-order valence-electron chi connectivity index (χ3n) is 7.31. The van der Waals surface area contributed by atoms with Crippen LogP contribution < -0.4 is 21.5 Å². The van der Waals surface area contributed by atoms with Gasteiger partial charge < -0.3 is 10.2 Å². The van der Waals surface area contributed by atoms with E-state index in [2.05, 4.69) is 10.2 Å². The molecule has 0 unspecified atom stereocenters. The van der Waals surface area contributed by atoms with Crippen molar-refractivity contribution in [3.63, 3.8) is 0 Å². The first-order valence-corrected chi connectivity index (χ1v) is 12.1. The van der Waals surface area contributed by atoms with Gasteiger partial charge in [0.15, 0.2) is 0 Å². The lowest BCUT2D eigenvalue weighted by atomic mass is 9.94. The summed E-state index contributed by atoms with van der Waals surface area (Å²) in [5.41, 5.74) is 0.0664. The highest BCUT2D eigenvalue weighted by atomic mass is 19.1. The highest BCUT2D eigenvalue weighted by Gasteiger charge is 2.27. The molecule has 0 aliphatic carbocycles. The zero-order valence-corrected chi connectivity index (χ0v) is 20.0. The van der Waals surface area contributed by atoms with Gasteiger partial charge in [0.25, 0.3) is 5.56 Å². The van der Waals surface area contributed by atoms with E-state index in [0.717, 1.165) is 36.1 Å². The lowest BCUT2D eigenvalue weighted by molar-refractivity contribution is -0.125. The minimum absolute atomic E-state index is 0.0547. The molecule has 2 aliphatic rings. The molecule has 2 aliphatic heterocycles. The van der Waals surface area contributed by atoms with Crippen LogP contribution in [-0.4, -0.2) is 52.7 Å². The Morgan fingerprint density at radius 1 is 1.00 bits per heavy atom. The Labute approximate surface area is 199 Å². The lowest BCUT2D eigenvalue weighted by Gasteiger charge is -2.34. The molecule has 0 saturated carbocycles. The van der Waals surface area contributed by atoms with Gasteiger partial charge in [-0.3, -0.25) is 23.6 Å². The molecule has 0 spiro atoms. The molecule has 34 heavy (non-hydrogen) atoms. The maximum Gasteiger partial charge on any atom is 0.332 e. The van der Waals surface area contributed by atoms with Crippen LogP contribution in [0.15, 0.2) is 39.9 Å². The van der Waals surface area contributed by atoms with Crippen LogP contribution in [0.3, 0.4) is 0 Å². The Kier molecular flexibility index (Phi) is 7.50. The van der Waals surface area contributed by atoms with E-state index in [-0.39, 0.29) is 28.9 Å². The number of amides is 1. The summed E-state index contributed by atoms with van der Waals surface area (Å²) in [5.74, 6) is 0.928. The molecule has 8 nitrogen and oxygen atoms in total. The smallest absolute Gasteiger partial charge is 0.332 e. The van der Waals surface area contributed by atoms with E-state index in [1.807, 2.05) is 17.0 Å². The summed E-state index contributed by atoms with van der Waals surface area (Å²) in [6, 6.07) is 8.41.